The summed E-state index contributed by atoms with van der Waals surface area (Å²) in [6.45, 7) is 15.8. The lowest BCUT2D eigenvalue weighted by Crippen LogP contribution is -2.11. The zero-order valence-electron chi connectivity index (χ0n) is 13.8. The first-order valence-electron chi connectivity index (χ1n) is 7.65. The molecule has 4 heteroatoms. The number of nitrogens with one attached hydrogen (secondary N) is 1. The van der Waals surface area contributed by atoms with Gasteiger partial charge >= 0.3 is 0 Å². The Morgan fingerprint density at radius 2 is 1.90 bits per heavy atom. The molecular formula is C17H26N4. The average molecular weight is 286 g/mol. The second-order valence-electron chi connectivity index (χ2n) is 6.56. The molecule has 2 heterocycles. The molecule has 0 bridgehead atoms. The Morgan fingerprint density at radius 3 is 2.52 bits per heavy atom. The smallest absolute Gasteiger partial charge is 0.209 e. The predicted molar refractivity (Wildman–Crippen MR) is 89.3 cm³/mol. The van der Waals surface area contributed by atoms with E-state index in [2.05, 4.69) is 54.1 Å². The van der Waals surface area contributed by atoms with Crippen LogP contribution in [-0.4, -0.2) is 14.5 Å². The second-order valence-corrected chi connectivity index (χ2v) is 6.56. The summed E-state index contributed by atoms with van der Waals surface area (Å²) in [7, 11) is 0. The lowest BCUT2D eigenvalue weighted by Gasteiger charge is -2.14. The van der Waals surface area contributed by atoms with Crippen LogP contribution in [0.3, 0.4) is 0 Å². The third-order valence-electron chi connectivity index (χ3n) is 3.22. The summed E-state index contributed by atoms with van der Waals surface area (Å²) < 4.78 is 2.17. The number of hydrogen-bond donors (Lipinski definition) is 1. The highest BCUT2D eigenvalue weighted by atomic mass is 15.2. The van der Waals surface area contributed by atoms with Gasteiger partial charge in [0.05, 0.1) is 0 Å². The molecule has 0 amide bonds. The molecule has 0 aliphatic rings. The number of imidazole rings is 1. The molecule has 0 saturated carbocycles. The van der Waals surface area contributed by atoms with Gasteiger partial charge in [-0.2, -0.15) is 0 Å². The van der Waals surface area contributed by atoms with Crippen LogP contribution < -0.4 is 5.32 Å². The van der Waals surface area contributed by atoms with Crippen LogP contribution in [0.2, 0.25) is 0 Å². The first-order chi connectivity index (χ1) is 9.86. The van der Waals surface area contributed by atoms with Gasteiger partial charge in [0, 0.05) is 17.9 Å². The van der Waals surface area contributed by atoms with Crippen molar-refractivity contribution in [2.24, 2.45) is 11.8 Å². The van der Waals surface area contributed by atoms with Gasteiger partial charge in [0.1, 0.15) is 5.52 Å². The number of hydrogen-bond acceptors (Lipinski definition) is 3. The fourth-order valence-corrected chi connectivity index (χ4v) is 2.43. The fourth-order valence-electron chi connectivity index (χ4n) is 2.43. The highest BCUT2D eigenvalue weighted by Gasteiger charge is 2.14. The summed E-state index contributed by atoms with van der Waals surface area (Å²) in [5.41, 5.74) is 3.90. The average Bonchev–Trinajstić information content (AvgIpc) is 2.65. The molecule has 0 atom stereocenters. The van der Waals surface area contributed by atoms with E-state index in [0.29, 0.717) is 11.8 Å². The maximum absolute atomic E-state index is 4.68. The van der Waals surface area contributed by atoms with E-state index in [1.807, 2.05) is 19.1 Å². The third-order valence-corrected chi connectivity index (χ3v) is 3.22. The Labute approximate surface area is 127 Å². The number of rotatable bonds is 6. The van der Waals surface area contributed by atoms with Gasteiger partial charge < -0.3 is 5.32 Å². The predicted octanol–water partition coefficient (Wildman–Crippen LogP) is 4.37. The van der Waals surface area contributed by atoms with Crippen LogP contribution >= 0.6 is 0 Å². The van der Waals surface area contributed by atoms with Gasteiger partial charge in [0.25, 0.3) is 0 Å². The molecule has 0 fully saturated rings. The lowest BCUT2D eigenvalue weighted by molar-refractivity contribution is 0.533. The third kappa shape index (κ3) is 3.84. The molecule has 1 N–H and O–H groups in total. The van der Waals surface area contributed by atoms with Crippen molar-refractivity contribution in [3.05, 3.63) is 30.1 Å². The van der Waals surface area contributed by atoms with E-state index in [-0.39, 0.29) is 0 Å². The molecule has 0 spiro atoms. The van der Waals surface area contributed by atoms with Crippen LogP contribution in [0, 0.1) is 18.8 Å². The maximum Gasteiger partial charge on any atom is 0.209 e. The summed E-state index contributed by atoms with van der Waals surface area (Å²) in [5, 5.41) is 3.37. The van der Waals surface area contributed by atoms with Crippen molar-refractivity contribution in [1.82, 2.24) is 14.5 Å². The molecule has 0 saturated heterocycles. The normalized spacial score (nSPS) is 11.6. The molecule has 4 nitrogen and oxygen atoms in total. The zero-order valence-corrected chi connectivity index (χ0v) is 13.8. The number of aryl methyl sites for hydroxylation is 1. The monoisotopic (exact) mass is 286 g/mol. The van der Waals surface area contributed by atoms with Crippen LogP contribution in [0.4, 0.5) is 5.95 Å². The lowest BCUT2D eigenvalue weighted by atomic mass is 10.1. The van der Waals surface area contributed by atoms with Crippen LogP contribution in [0.5, 0.6) is 0 Å². The van der Waals surface area contributed by atoms with Crippen LogP contribution in [0.25, 0.3) is 11.2 Å². The summed E-state index contributed by atoms with van der Waals surface area (Å²) in [4.78, 5) is 9.33. The van der Waals surface area contributed by atoms with E-state index in [4.69, 9.17) is 0 Å². The number of pyridine rings is 1. The van der Waals surface area contributed by atoms with Crippen LogP contribution in [-0.2, 0) is 6.54 Å². The molecule has 2 aromatic heterocycles. The Morgan fingerprint density at radius 1 is 1.19 bits per heavy atom. The van der Waals surface area contributed by atoms with Gasteiger partial charge in [-0.3, -0.25) is 4.57 Å². The summed E-state index contributed by atoms with van der Waals surface area (Å²) in [5.74, 6) is 1.96. The van der Waals surface area contributed by atoms with E-state index in [1.54, 1.807) is 0 Å². The number of aromatic nitrogens is 3. The number of nitrogens with zero attached hydrogens (tertiary/aromatic N) is 3. The van der Waals surface area contributed by atoms with Gasteiger partial charge in [-0.1, -0.05) is 34.3 Å². The Kier molecular flexibility index (Phi) is 4.66. The van der Waals surface area contributed by atoms with Crippen LogP contribution in [0.15, 0.2) is 24.4 Å². The molecular weight excluding hydrogens is 260 g/mol. The van der Waals surface area contributed by atoms with E-state index in [0.717, 1.165) is 41.5 Å². The first-order valence-corrected chi connectivity index (χ1v) is 7.65. The highest BCUT2D eigenvalue weighted by molar-refractivity contribution is 5.75. The summed E-state index contributed by atoms with van der Waals surface area (Å²) in [6, 6.07) is 4.03. The molecule has 21 heavy (non-hydrogen) atoms. The number of fused-ring (bicyclic) bond motifs is 1. The van der Waals surface area contributed by atoms with Crippen molar-refractivity contribution >= 4 is 17.1 Å². The zero-order chi connectivity index (χ0) is 15.6. The Bertz CT molecular complexity index is 638. The molecule has 0 unspecified atom stereocenters. The Hall–Kier alpha value is -1.84. The second kappa shape index (κ2) is 6.29. The molecule has 0 radical (unpaired) electrons. The van der Waals surface area contributed by atoms with Gasteiger partial charge in [-0.05, 0) is 37.3 Å². The van der Waals surface area contributed by atoms with Crippen molar-refractivity contribution in [2.45, 2.75) is 47.6 Å². The molecule has 0 aromatic carbocycles. The first kappa shape index (κ1) is 15.5. The van der Waals surface area contributed by atoms with Crippen LogP contribution in [0.1, 0.15) is 39.8 Å². The fraction of sp³-hybridized carbons (Fsp3) is 0.529. The summed E-state index contributed by atoms with van der Waals surface area (Å²) >= 11 is 0. The van der Waals surface area contributed by atoms with Gasteiger partial charge in [-0.25, -0.2) is 9.97 Å². The number of allylic oxidation sites excluding steroid dienone is 1. The van der Waals surface area contributed by atoms with Crippen molar-refractivity contribution in [2.75, 3.05) is 5.32 Å². The molecule has 2 aromatic rings. The minimum Gasteiger partial charge on any atom is -0.330 e. The quantitative estimate of drug-likeness (QED) is 0.857. The molecule has 2 rings (SSSR count). The van der Waals surface area contributed by atoms with Crippen molar-refractivity contribution in [1.29, 1.82) is 0 Å². The van der Waals surface area contributed by atoms with Crippen molar-refractivity contribution < 1.29 is 0 Å². The maximum atomic E-state index is 4.68. The van der Waals surface area contributed by atoms with E-state index < -0.39 is 0 Å². The van der Waals surface area contributed by atoms with Gasteiger partial charge in [0.15, 0.2) is 5.65 Å². The van der Waals surface area contributed by atoms with Crippen molar-refractivity contribution in [3.63, 3.8) is 0 Å². The van der Waals surface area contributed by atoms with E-state index in [1.165, 1.54) is 0 Å². The largest absolute Gasteiger partial charge is 0.330 e. The van der Waals surface area contributed by atoms with E-state index in [9.17, 15) is 0 Å². The number of anilines is 1. The van der Waals surface area contributed by atoms with Crippen molar-refractivity contribution in [3.8, 4) is 0 Å². The Balaban J connectivity index is 2.39. The van der Waals surface area contributed by atoms with Gasteiger partial charge in [-0.15, -0.1) is 0 Å². The SMILES string of the molecule is C=C(CC(C)C)Nc1nc2ccc(C)nc2n1CC(C)C. The minimum atomic E-state index is 0.531. The topological polar surface area (TPSA) is 42.7 Å². The molecule has 0 aliphatic carbocycles. The minimum absolute atomic E-state index is 0.531. The summed E-state index contributed by atoms with van der Waals surface area (Å²) in [6.07, 6.45) is 0.942. The molecule has 114 valence electrons. The highest BCUT2D eigenvalue weighted by Crippen LogP contribution is 2.22. The molecule has 0 aliphatic heterocycles. The van der Waals surface area contributed by atoms with Gasteiger partial charge in [0.2, 0.25) is 5.95 Å². The van der Waals surface area contributed by atoms with E-state index >= 15 is 0 Å². The standard InChI is InChI=1S/C17H26N4/c1-11(2)9-14(6)19-17-20-15-8-7-13(5)18-16(15)21(17)10-12(3)4/h7-8,11-12H,6,9-10H2,1-5H3,(H,19,20).